The number of epoxide rings is 1. The zero-order valence-electron chi connectivity index (χ0n) is 39.1. The molecular formula is C52H80NO9P. The molecule has 63 heavy (non-hydrogen) atoms. The second-order valence-corrected chi connectivity index (χ2v) is 17.4. The summed E-state index contributed by atoms with van der Waals surface area (Å²) in [5, 5.41) is 0. The lowest BCUT2D eigenvalue weighted by Crippen LogP contribution is -2.37. The van der Waals surface area contributed by atoms with Crippen molar-refractivity contribution in [2.24, 2.45) is 0 Å². The van der Waals surface area contributed by atoms with Gasteiger partial charge in [-0.05, 0) is 89.9 Å². The Morgan fingerprint density at radius 2 is 0.937 bits per heavy atom. The molecule has 0 aromatic heterocycles. The average Bonchev–Trinajstić information content (AvgIpc) is 3.99. The van der Waals surface area contributed by atoms with Crippen LogP contribution in [0.25, 0.3) is 0 Å². The topological polar surface area (TPSA) is 124 Å². The highest BCUT2D eigenvalue weighted by Crippen LogP contribution is 2.38. The number of carbonyl (C=O) groups excluding carboxylic acids is 2. The van der Waals surface area contributed by atoms with E-state index in [-0.39, 0.29) is 26.1 Å². The number of hydrogen-bond acceptors (Lipinski definition) is 9. The van der Waals surface area contributed by atoms with Gasteiger partial charge >= 0.3 is 11.9 Å². The van der Waals surface area contributed by atoms with Crippen molar-refractivity contribution >= 4 is 19.8 Å². The van der Waals surface area contributed by atoms with E-state index >= 15 is 0 Å². The summed E-state index contributed by atoms with van der Waals surface area (Å²) in [6.07, 6.45) is 58.4. The van der Waals surface area contributed by atoms with Crippen molar-refractivity contribution in [1.82, 2.24) is 0 Å². The third-order valence-electron chi connectivity index (χ3n) is 9.10. The van der Waals surface area contributed by atoms with Crippen LogP contribution in [0, 0.1) is 0 Å². The van der Waals surface area contributed by atoms with Gasteiger partial charge < -0.3 is 32.6 Å². The number of rotatable bonds is 38. The Balaban J connectivity index is 2.38. The highest BCUT2D eigenvalue weighted by atomic mass is 31.2. The number of nitrogens with zero attached hydrogens (tertiary/aromatic N) is 1. The first-order chi connectivity index (χ1) is 30.5. The number of carbonyl (C=O) groups is 2. The summed E-state index contributed by atoms with van der Waals surface area (Å²) in [5.74, 6) is -1.05. The van der Waals surface area contributed by atoms with Crippen LogP contribution in [0.15, 0.2) is 134 Å². The van der Waals surface area contributed by atoms with Crippen molar-refractivity contribution in [3.8, 4) is 0 Å². The Kier molecular flexibility index (Phi) is 35.0. The first-order valence-corrected chi connectivity index (χ1v) is 24.5. The van der Waals surface area contributed by atoms with Crippen LogP contribution in [0.1, 0.15) is 117 Å². The summed E-state index contributed by atoms with van der Waals surface area (Å²) < 4.78 is 39.4. The van der Waals surface area contributed by atoms with Crippen molar-refractivity contribution in [2.75, 3.05) is 47.5 Å². The maximum absolute atomic E-state index is 12.7. The molecule has 1 saturated heterocycles. The Bertz CT molecular complexity index is 1590. The lowest BCUT2D eigenvalue weighted by Gasteiger charge is -2.28. The van der Waals surface area contributed by atoms with Crippen LogP contribution in [-0.2, 0) is 37.4 Å². The van der Waals surface area contributed by atoms with Crippen molar-refractivity contribution in [1.29, 1.82) is 0 Å². The van der Waals surface area contributed by atoms with Gasteiger partial charge in [-0.3, -0.25) is 14.2 Å². The number of esters is 2. The van der Waals surface area contributed by atoms with E-state index in [1.165, 1.54) is 0 Å². The second kappa shape index (κ2) is 38.6. The Morgan fingerprint density at radius 3 is 1.38 bits per heavy atom. The molecule has 0 N–H and O–H groups in total. The molecule has 1 fully saturated rings. The van der Waals surface area contributed by atoms with Gasteiger partial charge in [-0.2, -0.15) is 0 Å². The Morgan fingerprint density at radius 1 is 0.556 bits per heavy atom. The molecule has 0 amide bonds. The fourth-order valence-corrected chi connectivity index (χ4v) is 6.18. The first-order valence-electron chi connectivity index (χ1n) is 23.0. The minimum absolute atomic E-state index is 0.0662. The smallest absolute Gasteiger partial charge is 0.306 e. The van der Waals surface area contributed by atoms with Gasteiger partial charge in [0.05, 0.1) is 40.0 Å². The third-order valence-corrected chi connectivity index (χ3v) is 10.1. The van der Waals surface area contributed by atoms with Crippen molar-refractivity contribution in [3.63, 3.8) is 0 Å². The van der Waals surface area contributed by atoms with Crippen LogP contribution in [0.3, 0.4) is 0 Å². The summed E-state index contributed by atoms with van der Waals surface area (Å²) in [7, 11) is 1.05. The van der Waals surface area contributed by atoms with Gasteiger partial charge in [0.25, 0.3) is 7.82 Å². The minimum Gasteiger partial charge on any atom is -0.756 e. The van der Waals surface area contributed by atoms with Gasteiger partial charge in [-0.25, -0.2) is 0 Å². The molecule has 3 unspecified atom stereocenters. The molecule has 0 bridgehead atoms. The van der Waals surface area contributed by atoms with Crippen LogP contribution in [0.2, 0.25) is 0 Å². The third kappa shape index (κ3) is 39.4. The quantitative estimate of drug-likeness (QED) is 0.0196. The first kappa shape index (κ1) is 57.1. The summed E-state index contributed by atoms with van der Waals surface area (Å²) in [6, 6.07) is 0. The standard InChI is InChI=1S/C52H80NO9P/c1-6-8-10-11-12-13-14-15-16-17-18-19-20-21-26-29-32-35-39-43-52(55)61-48(47-60-63(56,57)59-45-44-53(3,4)5)46-58-51(54)42-38-34-31-28-25-23-22-24-27-30-33-37-41-50-49(62-50)40-36-9-7-2/h8-10,12-13,15-16,18-19,21,23-27,31-37,48-50H,6-7,11,14,17,20,22,28-30,38-47H2,1-5H3/b10-8-,13-12-,16-15-,19-18-,25-23-,26-21-,27-24-,34-31-,35-32-,36-9-,37-33-/t48-,49?,50?/m1/s1. The maximum atomic E-state index is 12.7. The van der Waals surface area contributed by atoms with E-state index in [1.807, 2.05) is 45.4 Å². The van der Waals surface area contributed by atoms with Gasteiger partial charge in [-0.1, -0.05) is 148 Å². The number of quaternary nitrogens is 1. The van der Waals surface area contributed by atoms with Crippen LogP contribution in [-0.4, -0.2) is 82.2 Å². The number of likely N-dealkylation sites (N-methyl/N-ethyl adjacent to an activating group) is 1. The largest absolute Gasteiger partial charge is 0.756 e. The van der Waals surface area contributed by atoms with E-state index in [1.54, 1.807) is 0 Å². The number of ether oxygens (including phenoxy) is 3. The summed E-state index contributed by atoms with van der Waals surface area (Å²) in [4.78, 5) is 37.6. The summed E-state index contributed by atoms with van der Waals surface area (Å²) in [5.41, 5.74) is 0. The van der Waals surface area contributed by atoms with Gasteiger partial charge in [0.15, 0.2) is 6.10 Å². The average molecular weight is 894 g/mol. The molecule has 0 saturated carbocycles. The van der Waals surface area contributed by atoms with Crippen LogP contribution in [0.5, 0.6) is 0 Å². The van der Waals surface area contributed by atoms with E-state index in [0.717, 1.165) is 77.0 Å². The predicted molar refractivity (Wildman–Crippen MR) is 258 cm³/mol. The van der Waals surface area contributed by atoms with Crippen LogP contribution >= 0.6 is 7.82 Å². The number of phosphoric acid groups is 1. The van der Waals surface area contributed by atoms with Crippen molar-refractivity contribution in [2.45, 2.75) is 135 Å². The van der Waals surface area contributed by atoms with E-state index in [0.29, 0.717) is 36.1 Å². The molecule has 0 aliphatic carbocycles. The molecule has 352 valence electrons. The molecule has 4 atom stereocenters. The second-order valence-electron chi connectivity index (χ2n) is 16.0. The zero-order valence-corrected chi connectivity index (χ0v) is 40.0. The molecule has 0 aromatic rings. The highest BCUT2D eigenvalue weighted by molar-refractivity contribution is 7.45. The molecule has 0 radical (unpaired) electrons. The fraction of sp³-hybridized carbons (Fsp3) is 0.538. The molecule has 0 aromatic carbocycles. The summed E-state index contributed by atoms with van der Waals surface area (Å²) in [6.45, 7) is 3.78. The van der Waals surface area contributed by atoms with E-state index in [9.17, 15) is 19.0 Å². The van der Waals surface area contributed by atoms with Gasteiger partial charge in [0.1, 0.15) is 19.8 Å². The highest BCUT2D eigenvalue weighted by Gasteiger charge is 2.36. The monoisotopic (exact) mass is 894 g/mol. The number of phosphoric ester groups is 1. The lowest BCUT2D eigenvalue weighted by atomic mass is 10.1. The molecule has 0 spiro atoms. The SMILES string of the molecule is CC/C=C\C/C=C\C/C=C\C/C=C\C/C=C\C/C=C\CCC(=O)O[C@H](COC(=O)CC/C=C\C/C=C\C/C=C\C/C=C\CC1OC1C/C=C\CC)COP(=O)([O-])OCC[N+](C)(C)C. The van der Waals surface area contributed by atoms with Gasteiger partial charge in [-0.15, -0.1) is 0 Å². The summed E-state index contributed by atoms with van der Waals surface area (Å²) >= 11 is 0. The molecule has 1 aliphatic heterocycles. The molecule has 10 nitrogen and oxygen atoms in total. The lowest BCUT2D eigenvalue weighted by molar-refractivity contribution is -0.870. The number of allylic oxidation sites excluding steroid dienone is 20. The van der Waals surface area contributed by atoms with Gasteiger partial charge in [0.2, 0.25) is 0 Å². The van der Waals surface area contributed by atoms with E-state index in [2.05, 4.69) is 123 Å². The predicted octanol–water partition coefficient (Wildman–Crippen LogP) is 11.8. The zero-order chi connectivity index (χ0) is 46.1. The number of hydrogen-bond donors (Lipinski definition) is 0. The molecule has 1 heterocycles. The minimum atomic E-state index is -4.68. The Hall–Kier alpha value is -3.89. The van der Waals surface area contributed by atoms with Gasteiger partial charge in [0, 0.05) is 12.8 Å². The van der Waals surface area contributed by atoms with Crippen molar-refractivity contribution in [3.05, 3.63) is 134 Å². The molecule has 11 heteroatoms. The van der Waals surface area contributed by atoms with E-state index < -0.39 is 32.5 Å². The van der Waals surface area contributed by atoms with Crippen LogP contribution < -0.4 is 4.89 Å². The molecule has 1 aliphatic rings. The molecular weight excluding hydrogens is 814 g/mol. The molecule has 1 rings (SSSR count). The Labute approximate surface area is 381 Å². The van der Waals surface area contributed by atoms with E-state index in [4.69, 9.17) is 23.3 Å². The maximum Gasteiger partial charge on any atom is 0.306 e. The normalized spacial score (nSPS) is 17.9. The van der Waals surface area contributed by atoms with Crippen LogP contribution in [0.4, 0.5) is 0 Å². The van der Waals surface area contributed by atoms with Crippen molar-refractivity contribution < 1.29 is 46.8 Å². The fourth-order valence-electron chi connectivity index (χ4n) is 5.45.